The molecular weight excluding hydrogens is 260 g/mol. The third-order valence-corrected chi connectivity index (χ3v) is 4.08. The van der Waals surface area contributed by atoms with Crippen LogP contribution in [0, 0.1) is 11.8 Å². The van der Waals surface area contributed by atoms with Crippen LogP contribution in [0.5, 0.6) is 0 Å². The van der Waals surface area contributed by atoms with Crippen molar-refractivity contribution in [3.8, 4) is 0 Å². The Morgan fingerprint density at radius 3 is 2.30 bits per heavy atom. The molecule has 20 heavy (non-hydrogen) atoms. The molecule has 0 radical (unpaired) electrons. The van der Waals surface area contributed by atoms with E-state index in [1.807, 2.05) is 0 Å². The molecule has 6 heteroatoms. The Balaban J connectivity index is 2.20. The number of carbonyl (C=O) groups is 2. The standard InChI is InChI=1S/C14H24N2O4/c1-8(18)15-12-10-6-5-9(10)11(7-17)16(12)13(19)20-14(2,3)4/h9-12,17H,5-7H2,1-4H3,(H,15,18)/t9-,10+,11+,12+/m0/s1. The van der Waals surface area contributed by atoms with Gasteiger partial charge in [0.25, 0.3) is 0 Å². The molecule has 0 spiro atoms. The summed E-state index contributed by atoms with van der Waals surface area (Å²) in [6, 6.07) is -0.263. The Morgan fingerprint density at radius 2 is 1.90 bits per heavy atom. The van der Waals surface area contributed by atoms with Crippen LogP contribution in [0.15, 0.2) is 0 Å². The maximum Gasteiger partial charge on any atom is 0.412 e. The van der Waals surface area contributed by atoms with E-state index in [-0.39, 0.29) is 36.6 Å². The number of hydrogen-bond donors (Lipinski definition) is 2. The van der Waals surface area contributed by atoms with Gasteiger partial charge in [-0.2, -0.15) is 0 Å². The smallest absolute Gasteiger partial charge is 0.412 e. The van der Waals surface area contributed by atoms with Crippen molar-refractivity contribution < 1.29 is 19.4 Å². The molecule has 4 atom stereocenters. The number of aliphatic hydroxyl groups excluding tert-OH is 1. The van der Waals surface area contributed by atoms with E-state index >= 15 is 0 Å². The summed E-state index contributed by atoms with van der Waals surface area (Å²) in [6.45, 7) is 6.74. The summed E-state index contributed by atoms with van der Waals surface area (Å²) in [5.41, 5.74) is -0.598. The highest BCUT2D eigenvalue weighted by Crippen LogP contribution is 2.48. The van der Waals surface area contributed by atoms with Crippen LogP contribution in [-0.2, 0) is 9.53 Å². The lowest BCUT2D eigenvalue weighted by molar-refractivity contribution is -0.121. The Morgan fingerprint density at radius 1 is 1.30 bits per heavy atom. The summed E-state index contributed by atoms with van der Waals surface area (Å²) >= 11 is 0. The van der Waals surface area contributed by atoms with Gasteiger partial charge in [-0.1, -0.05) is 0 Å². The van der Waals surface area contributed by atoms with Gasteiger partial charge in [0.05, 0.1) is 12.6 Å². The number of carbonyl (C=O) groups excluding carboxylic acids is 2. The van der Waals surface area contributed by atoms with Gasteiger partial charge in [-0.05, 0) is 39.5 Å². The molecule has 0 aromatic rings. The van der Waals surface area contributed by atoms with E-state index in [2.05, 4.69) is 5.32 Å². The van der Waals surface area contributed by atoms with Gasteiger partial charge in [-0.15, -0.1) is 0 Å². The maximum atomic E-state index is 12.4. The topological polar surface area (TPSA) is 78.9 Å². The van der Waals surface area contributed by atoms with Gasteiger partial charge >= 0.3 is 6.09 Å². The molecule has 1 saturated heterocycles. The third-order valence-electron chi connectivity index (χ3n) is 4.08. The summed E-state index contributed by atoms with van der Waals surface area (Å²) < 4.78 is 5.41. The second-order valence-corrected chi connectivity index (χ2v) is 6.69. The highest BCUT2D eigenvalue weighted by molar-refractivity contribution is 5.75. The van der Waals surface area contributed by atoms with E-state index in [0.29, 0.717) is 0 Å². The molecule has 0 bridgehead atoms. The Kier molecular flexibility index (Phi) is 3.95. The molecule has 2 aliphatic rings. The number of rotatable bonds is 2. The van der Waals surface area contributed by atoms with Gasteiger partial charge in [0.2, 0.25) is 5.91 Å². The average Bonchev–Trinajstić information content (AvgIpc) is 2.42. The van der Waals surface area contributed by atoms with Crippen molar-refractivity contribution in [3.05, 3.63) is 0 Å². The number of nitrogens with zero attached hydrogens (tertiary/aromatic N) is 1. The van der Waals surface area contributed by atoms with E-state index in [9.17, 15) is 14.7 Å². The quantitative estimate of drug-likeness (QED) is 0.795. The van der Waals surface area contributed by atoms with Crippen LogP contribution in [0.25, 0.3) is 0 Å². The van der Waals surface area contributed by atoms with Crippen molar-refractivity contribution >= 4 is 12.0 Å². The highest BCUT2D eigenvalue weighted by Gasteiger charge is 2.56. The number of ether oxygens (including phenoxy) is 1. The van der Waals surface area contributed by atoms with Crippen molar-refractivity contribution in [2.75, 3.05) is 6.61 Å². The number of hydrogen-bond acceptors (Lipinski definition) is 4. The van der Waals surface area contributed by atoms with Crippen molar-refractivity contribution in [1.82, 2.24) is 10.2 Å². The predicted octanol–water partition coefficient (Wildman–Crippen LogP) is 1.09. The first-order chi connectivity index (χ1) is 9.24. The monoisotopic (exact) mass is 284 g/mol. The summed E-state index contributed by atoms with van der Waals surface area (Å²) in [6.07, 6.45) is 1.11. The molecular formula is C14H24N2O4. The largest absolute Gasteiger partial charge is 0.444 e. The van der Waals surface area contributed by atoms with Crippen LogP contribution < -0.4 is 5.32 Å². The molecule has 2 rings (SSSR count). The molecule has 0 aromatic carbocycles. The second kappa shape index (κ2) is 5.24. The number of fused-ring (bicyclic) bond motifs is 1. The normalized spacial score (nSPS) is 32.4. The zero-order valence-electron chi connectivity index (χ0n) is 12.5. The van der Waals surface area contributed by atoms with Gasteiger partial charge in [-0.3, -0.25) is 9.69 Å². The fourth-order valence-electron chi connectivity index (χ4n) is 3.21. The molecule has 1 saturated carbocycles. The number of aliphatic hydroxyl groups is 1. The van der Waals surface area contributed by atoms with Crippen LogP contribution in [0.3, 0.4) is 0 Å². The Labute approximate surface area is 119 Å². The molecule has 0 aromatic heterocycles. The lowest BCUT2D eigenvalue weighted by Crippen LogP contribution is -2.53. The Hall–Kier alpha value is -1.30. The molecule has 2 amide bonds. The minimum Gasteiger partial charge on any atom is -0.444 e. The molecule has 1 aliphatic heterocycles. The maximum absolute atomic E-state index is 12.4. The van der Waals surface area contributed by atoms with Gasteiger partial charge in [0.15, 0.2) is 0 Å². The van der Waals surface area contributed by atoms with E-state index in [1.54, 1.807) is 20.8 Å². The lowest BCUT2D eigenvalue weighted by atomic mass is 9.72. The molecule has 1 aliphatic carbocycles. The van der Waals surface area contributed by atoms with Crippen molar-refractivity contribution in [2.45, 2.75) is 58.3 Å². The van der Waals surface area contributed by atoms with E-state index < -0.39 is 11.7 Å². The molecule has 6 nitrogen and oxygen atoms in total. The minimum atomic E-state index is -0.598. The Bertz CT molecular complexity index is 404. The molecule has 2 fully saturated rings. The molecule has 1 heterocycles. The molecule has 0 unspecified atom stereocenters. The number of amides is 2. The fourth-order valence-corrected chi connectivity index (χ4v) is 3.21. The van der Waals surface area contributed by atoms with Crippen molar-refractivity contribution in [1.29, 1.82) is 0 Å². The van der Waals surface area contributed by atoms with Crippen LogP contribution >= 0.6 is 0 Å². The van der Waals surface area contributed by atoms with E-state index in [1.165, 1.54) is 11.8 Å². The van der Waals surface area contributed by atoms with Crippen molar-refractivity contribution in [2.24, 2.45) is 11.8 Å². The fraction of sp³-hybridized carbons (Fsp3) is 0.857. The van der Waals surface area contributed by atoms with Crippen LogP contribution in [0.4, 0.5) is 4.79 Å². The third kappa shape index (κ3) is 2.75. The molecule has 114 valence electrons. The SMILES string of the molecule is CC(=O)N[C@H]1[C@@H]2CC[C@@H]2[C@@H](CO)N1C(=O)OC(C)(C)C. The summed E-state index contributed by atoms with van der Waals surface area (Å²) in [4.78, 5) is 25.3. The van der Waals surface area contributed by atoms with E-state index in [4.69, 9.17) is 4.74 Å². The lowest BCUT2D eigenvalue weighted by Gasteiger charge is -2.34. The van der Waals surface area contributed by atoms with Gasteiger partial charge in [-0.25, -0.2) is 4.79 Å². The highest BCUT2D eigenvalue weighted by atomic mass is 16.6. The first-order valence-corrected chi connectivity index (χ1v) is 7.14. The van der Waals surface area contributed by atoms with Crippen LogP contribution in [-0.4, -0.2) is 46.4 Å². The average molecular weight is 284 g/mol. The van der Waals surface area contributed by atoms with Crippen LogP contribution in [0.1, 0.15) is 40.5 Å². The second-order valence-electron chi connectivity index (χ2n) is 6.69. The summed E-state index contributed by atoms with van der Waals surface area (Å²) in [7, 11) is 0. The molecule has 2 N–H and O–H groups in total. The van der Waals surface area contributed by atoms with E-state index in [0.717, 1.165) is 12.8 Å². The zero-order valence-corrected chi connectivity index (χ0v) is 12.5. The predicted molar refractivity (Wildman–Crippen MR) is 72.8 cm³/mol. The number of likely N-dealkylation sites (tertiary alicyclic amines) is 1. The van der Waals surface area contributed by atoms with Gasteiger partial charge in [0, 0.05) is 12.8 Å². The summed E-state index contributed by atoms with van der Waals surface area (Å²) in [5, 5.41) is 12.4. The zero-order chi connectivity index (χ0) is 15.1. The first kappa shape index (κ1) is 15.1. The van der Waals surface area contributed by atoms with Gasteiger partial charge < -0.3 is 15.2 Å². The van der Waals surface area contributed by atoms with Crippen molar-refractivity contribution in [3.63, 3.8) is 0 Å². The summed E-state index contributed by atoms with van der Waals surface area (Å²) in [5.74, 6) is 0.306. The van der Waals surface area contributed by atoms with Gasteiger partial charge in [0.1, 0.15) is 11.8 Å². The number of nitrogens with one attached hydrogen (secondary N) is 1. The van der Waals surface area contributed by atoms with Crippen LogP contribution in [0.2, 0.25) is 0 Å². The first-order valence-electron chi connectivity index (χ1n) is 7.14. The minimum absolute atomic E-state index is 0.101.